The molecule has 0 aliphatic carbocycles. The normalized spacial score (nSPS) is 22.8. The average Bonchev–Trinajstić information content (AvgIpc) is 2.89. The van der Waals surface area contributed by atoms with E-state index in [1.807, 2.05) is 0 Å². The van der Waals surface area contributed by atoms with Crippen LogP contribution in [0.2, 0.25) is 0 Å². The van der Waals surface area contributed by atoms with Gasteiger partial charge in [0.15, 0.2) is 0 Å². The largest absolute Gasteiger partial charge is 0.381 e. The molecule has 1 atom stereocenters. The van der Waals surface area contributed by atoms with E-state index in [9.17, 15) is 0 Å². The van der Waals surface area contributed by atoms with Crippen LogP contribution in [0.1, 0.15) is 38.2 Å². The summed E-state index contributed by atoms with van der Waals surface area (Å²) in [6.45, 7) is 6.36. The van der Waals surface area contributed by atoms with Crippen molar-refractivity contribution >= 4 is 0 Å². The first-order valence-electron chi connectivity index (χ1n) is 7.67. The average molecular weight is 261 g/mol. The number of hydrogen-bond acceptors (Lipinski definition) is 2. The summed E-state index contributed by atoms with van der Waals surface area (Å²) in [6.07, 6.45) is 6.16. The Bertz CT molecular complexity index is 344. The molecule has 1 aromatic rings. The zero-order chi connectivity index (χ0) is 13.4. The fourth-order valence-electron chi connectivity index (χ4n) is 2.92. The summed E-state index contributed by atoms with van der Waals surface area (Å²) >= 11 is 0. The van der Waals surface area contributed by atoms with Gasteiger partial charge in [0.1, 0.15) is 0 Å². The van der Waals surface area contributed by atoms with E-state index in [0.29, 0.717) is 5.41 Å². The van der Waals surface area contributed by atoms with Gasteiger partial charge in [-0.25, -0.2) is 0 Å². The van der Waals surface area contributed by atoms with Gasteiger partial charge in [0.05, 0.1) is 6.61 Å². The molecular weight excluding hydrogens is 234 g/mol. The SMILES string of the molecule is CCCNCC1(CCCc2ccccc2)CCOC1. The van der Waals surface area contributed by atoms with Crippen LogP contribution in [-0.2, 0) is 11.2 Å². The summed E-state index contributed by atoms with van der Waals surface area (Å²) in [5.41, 5.74) is 1.85. The Labute approximate surface area is 117 Å². The topological polar surface area (TPSA) is 21.3 Å². The van der Waals surface area contributed by atoms with Crippen molar-refractivity contribution in [1.82, 2.24) is 5.32 Å². The maximum Gasteiger partial charge on any atom is 0.0535 e. The monoisotopic (exact) mass is 261 g/mol. The lowest BCUT2D eigenvalue weighted by molar-refractivity contribution is 0.142. The van der Waals surface area contributed by atoms with Gasteiger partial charge in [-0.3, -0.25) is 0 Å². The van der Waals surface area contributed by atoms with Crippen LogP contribution in [0.3, 0.4) is 0 Å². The molecule has 1 fully saturated rings. The van der Waals surface area contributed by atoms with E-state index in [4.69, 9.17) is 4.74 Å². The van der Waals surface area contributed by atoms with Gasteiger partial charge in [0, 0.05) is 18.6 Å². The van der Waals surface area contributed by atoms with Crippen molar-refractivity contribution in [3.63, 3.8) is 0 Å². The lowest BCUT2D eigenvalue weighted by atomic mass is 9.81. The molecular formula is C17H27NO. The van der Waals surface area contributed by atoms with E-state index < -0.39 is 0 Å². The van der Waals surface area contributed by atoms with E-state index in [-0.39, 0.29) is 0 Å². The number of rotatable bonds is 8. The summed E-state index contributed by atoms with van der Waals surface area (Å²) in [7, 11) is 0. The molecule has 0 radical (unpaired) electrons. The number of ether oxygens (including phenoxy) is 1. The third-order valence-electron chi connectivity index (χ3n) is 4.13. The highest BCUT2D eigenvalue weighted by atomic mass is 16.5. The molecule has 1 unspecified atom stereocenters. The van der Waals surface area contributed by atoms with Gasteiger partial charge in [-0.1, -0.05) is 37.3 Å². The number of benzene rings is 1. The van der Waals surface area contributed by atoms with Crippen molar-refractivity contribution in [3.8, 4) is 0 Å². The van der Waals surface area contributed by atoms with Crippen LogP contribution in [0.4, 0.5) is 0 Å². The minimum absolute atomic E-state index is 0.393. The third-order valence-corrected chi connectivity index (χ3v) is 4.13. The molecule has 2 heteroatoms. The Morgan fingerprint density at radius 2 is 2.11 bits per heavy atom. The third kappa shape index (κ3) is 4.63. The van der Waals surface area contributed by atoms with Crippen molar-refractivity contribution < 1.29 is 4.74 Å². The van der Waals surface area contributed by atoms with Gasteiger partial charge in [0.2, 0.25) is 0 Å². The molecule has 2 nitrogen and oxygen atoms in total. The van der Waals surface area contributed by atoms with E-state index in [1.165, 1.54) is 37.7 Å². The first kappa shape index (κ1) is 14.5. The highest BCUT2D eigenvalue weighted by Crippen LogP contribution is 2.33. The summed E-state index contributed by atoms with van der Waals surface area (Å²) < 4.78 is 5.65. The van der Waals surface area contributed by atoms with Gasteiger partial charge in [-0.15, -0.1) is 0 Å². The summed E-state index contributed by atoms with van der Waals surface area (Å²) in [4.78, 5) is 0. The predicted octanol–water partition coefficient (Wildman–Crippen LogP) is 3.42. The molecule has 1 saturated heterocycles. The van der Waals surface area contributed by atoms with E-state index in [2.05, 4.69) is 42.6 Å². The second-order valence-electron chi connectivity index (χ2n) is 5.82. The lowest BCUT2D eigenvalue weighted by Crippen LogP contribution is -2.35. The van der Waals surface area contributed by atoms with Crippen molar-refractivity contribution in [2.24, 2.45) is 5.41 Å². The molecule has 0 amide bonds. The van der Waals surface area contributed by atoms with Crippen molar-refractivity contribution in [3.05, 3.63) is 35.9 Å². The number of nitrogens with one attached hydrogen (secondary N) is 1. The first-order valence-corrected chi connectivity index (χ1v) is 7.67. The molecule has 19 heavy (non-hydrogen) atoms. The maximum absolute atomic E-state index is 5.65. The lowest BCUT2D eigenvalue weighted by Gasteiger charge is -2.27. The maximum atomic E-state index is 5.65. The highest BCUT2D eigenvalue weighted by Gasteiger charge is 2.33. The Hall–Kier alpha value is -0.860. The van der Waals surface area contributed by atoms with Crippen LogP contribution >= 0.6 is 0 Å². The summed E-state index contributed by atoms with van der Waals surface area (Å²) in [6, 6.07) is 10.8. The Kier molecular flexibility index (Phi) is 5.87. The Morgan fingerprint density at radius 3 is 2.79 bits per heavy atom. The zero-order valence-corrected chi connectivity index (χ0v) is 12.2. The van der Waals surface area contributed by atoms with Gasteiger partial charge >= 0.3 is 0 Å². The van der Waals surface area contributed by atoms with Crippen LogP contribution in [-0.4, -0.2) is 26.3 Å². The van der Waals surface area contributed by atoms with Crippen molar-refractivity contribution in [2.75, 3.05) is 26.3 Å². The molecule has 1 aromatic carbocycles. The van der Waals surface area contributed by atoms with Gasteiger partial charge in [0.25, 0.3) is 0 Å². The fourth-order valence-corrected chi connectivity index (χ4v) is 2.92. The van der Waals surface area contributed by atoms with E-state index >= 15 is 0 Å². The molecule has 0 spiro atoms. The fraction of sp³-hybridized carbons (Fsp3) is 0.647. The van der Waals surface area contributed by atoms with Crippen LogP contribution in [0.25, 0.3) is 0 Å². The smallest absolute Gasteiger partial charge is 0.0535 e. The van der Waals surface area contributed by atoms with Crippen LogP contribution in [0.5, 0.6) is 0 Å². The molecule has 1 aliphatic rings. The van der Waals surface area contributed by atoms with Crippen LogP contribution in [0, 0.1) is 5.41 Å². The minimum Gasteiger partial charge on any atom is -0.381 e. The molecule has 2 rings (SSSR count). The molecule has 1 heterocycles. The summed E-state index contributed by atoms with van der Waals surface area (Å²) in [5.74, 6) is 0. The second-order valence-corrected chi connectivity index (χ2v) is 5.82. The van der Waals surface area contributed by atoms with E-state index in [1.54, 1.807) is 0 Å². The molecule has 0 bridgehead atoms. The number of hydrogen-bond donors (Lipinski definition) is 1. The van der Waals surface area contributed by atoms with Crippen LogP contribution in [0.15, 0.2) is 30.3 Å². The molecule has 1 aliphatic heterocycles. The van der Waals surface area contributed by atoms with Crippen molar-refractivity contribution in [2.45, 2.75) is 39.0 Å². The zero-order valence-electron chi connectivity index (χ0n) is 12.2. The molecule has 1 N–H and O–H groups in total. The molecule has 0 aromatic heterocycles. The highest BCUT2D eigenvalue weighted by molar-refractivity contribution is 5.14. The molecule has 106 valence electrons. The van der Waals surface area contributed by atoms with E-state index in [0.717, 1.165) is 26.3 Å². The van der Waals surface area contributed by atoms with Gasteiger partial charge in [-0.05, 0) is 44.2 Å². The second kappa shape index (κ2) is 7.66. The standard InChI is InChI=1S/C17H27NO/c1-2-12-18-14-17(11-13-19-15-17)10-6-9-16-7-4-3-5-8-16/h3-5,7-8,18H,2,6,9-15H2,1H3. The predicted molar refractivity (Wildman–Crippen MR) is 80.4 cm³/mol. The number of aryl methyl sites for hydroxylation is 1. The molecule has 0 saturated carbocycles. The summed E-state index contributed by atoms with van der Waals surface area (Å²) in [5, 5.41) is 3.59. The van der Waals surface area contributed by atoms with Gasteiger partial charge < -0.3 is 10.1 Å². The quantitative estimate of drug-likeness (QED) is 0.724. The minimum atomic E-state index is 0.393. The van der Waals surface area contributed by atoms with Crippen LogP contribution < -0.4 is 5.32 Å². The Balaban J connectivity index is 1.77. The van der Waals surface area contributed by atoms with Gasteiger partial charge in [-0.2, -0.15) is 0 Å². The first-order chi connectivity index (χ1) is 9.35. The van der Waals surface area contributed by atoms with Crippen molar-refractivity contribution in [1.29, 1.82) is 0 Å². The Morgan fingerprint density at radius 1 is 1.26 bits per heavy atom.